The summed E-state index contributed by atoms with van der Waals surface area (Å²) >= 11 is 0. The van der Waals surface area contributed by atoms with Gasteiger partial charge in [-0.2, -0.15) is 0 Å². The molecule has 37 heavy (non-hydrogen) atoms. The predicted molar refractivity (Wildman–Crippen MR) is 154 cm³/mol. The van der Waals surface area contributed by atoms with Gasteiger partial charge in [0.25, 0.3) is 0 Å². The first-order chi connectivity index (χ1) is 18.4. The van der Waals surface area contributed by atoms with Crippen molar-refractivity contribution in [3.63, 3.8) is 0 Å². The largest absolute Gasteiger partial charge is 0.307 e. The summed E-state index contributed by atoms with van der Waals surface area (Å²) < 4.78 is 2.38. The van der Waals surface area contributed by atoms with Gasteiger partial charge in [-0.3, -0.25) is 9.97 Å². The fraction of sp³-hybridized carbons (Fsp3) is 0. The van der Waals surface area contributed by atoms with E-state index in [0.29, 0.717) is 0 Å². The smallest absolute Gasteiger partial charge is 0.113 e. The fourth-order valence-corrected chi connectivity index (χ4v) is 5.91. The maximum absolute atomic E-state index is 4.77. The molecule has 172 valence electrons. The average molecular weight is 472 g/mol. The lowest BCUT2D eigenvalue weighted by Crippen LogP contribution is -1.97. The van der Waals surface area contributed by atoms with Crippen LogP contribution in [0.15, 0.2) is 128 Å². The minimum Gasteiger partial charge on any atom is -0.307 e. The number of hydrogen-bond donors (Lipinski definition) is 0. The van der Waals surface area contributed by atoms with Crippen LogP contribution in [0.3, 0.4) is 0 Å². The zero-order valence-electron chi connectivity index (χ0n) is 20.0. The normalized spacial score (nSPS) is 11.8. The number of nitrogens with zero attached hydrogens (tertiary/aromatic N) is 3. The molecule has 0 aliphatic carbocycles. The molecule has 2 heterocycles. The Balaban J connectivity index is 1.67. The second-order valence-electron chi connectivity index (χ2n) is 9.45. The van der Waals surface area contributed by atoms with Crippen molar-refractivity contribution in [3.8, 4) is 16.8 Å². The number of aromatic nitrogens is 3. The van der Waals surface area contributed by atoms with Gasteiger partial charge < -0.3 is 4.57 Å². The first kappa shape index (κ1) is 20.2. The van der Waals surface area contributed by atoms with Crippen LogP contribution in [0.1, 0.15) is 0 Å². The molecule has 8 aromatic rings. The standard InChI is InChI=1S/C34H21N3/c1-2-9-22(10-3-1)27-21-31-33(26-14-7-6-13-25(26)27)32-24-12-5-4-11-23(24)17-18-29(32)37(31)30-16-8-15-28-34(30)36-20-19-35-28/h1-21H. The van der Waals surface area contributed by atoms with E-state index in [-0.39, 0.29) is 0 Å². The van der Waals surface area contributed by atoms with Crippen LogP contribution in [0.4, 0.5) is 0 Å². The molecule has 3 heteroatoms. The maximum Gasteiger partial charge on any atom is 0.113 e. The van der Waals surface area contributed by atoms with Gasteiger partial charge in [0.05, 0.1) is 22.2 Å². The highest BCUT2D eigenvalue weighted by Gasteiger charge is 2.20. The molecule has 0 bridgehead atoms. The van der Waals surface area contributed by atoms with Gasteiger partial charge in [-0.15, -0.1) is 0 Å². The van der Waals surface area contributed by atoms with Crippen LogP contribution in [0.25, 0.3) is 71.2 Å². The number of para-hydroxylation sites is 1. The Labute approximate surface area is 213 Å². The monoisotopic (exact) mass is 471 g/mol. The van der Waals surface area contributed by atoms with Crippen LogP contribution in [-0.4, -0.2) is 14.5 Å². The topological polar surface area (TPSA) is 30.7 Å². The number of benzene rings is 6. The van der Waals surface area contributed by atoms with Gasteiger partial charge in [0, 0.05) is 23.2 Å². The van der Waals surface area contributed by atoms with Crippen molar-refractivity contribution >= 4 is 54.4 Å². The lowest BCUT2D eigenvalue weighted by molar-refractivity contribution is 1.17. The van der Waals surface area contributed by atoms with E-state index >= 15 is 0 Å². The maximum atomic E-state index is 4.77. The second kappa shape index (κ2) is 7.74. The molecule has 0 amide bonds. The summed E-state index contributed by atoms with van der Waals surface area (Å²) in [6, 6.07) is 41.2. The summed E-state index contributed by atoms with van der Waals surface area (Å²) in [5.74, 6) is 0. The minimum absolute atomic E-state index is 0.889. The highest BCUT2D eigenvalue weighted by Crippen LogP contribution is 2.44. The van der Waals surface area contributed by atoms with Crippen LogP contribution in [-0.2, 0) is 0 Å². The molecule has 0 saturated heterocycles. The average Bonchev–Trinajstić information content (AvgIpc) is 3.31. The third kappa shape index (κ3) is 2.88. The molecule has 0 radical (unpaired) electrons. The highest BCUT2D eigenvalue weighted by molar-refractivity contribution is 6.30. The molecular weight excluding hydrogens is 450 g/mol. The van der Waals surface area contributed by atoms with Gasteiger partial charge in [-0.1, -0.05) is 91.0 Å². The van der Waals surface area contributed by atoms with Crippen LogP contribution >= 0.6 is 0 Å². The molecule has 8 rings (SSSR count). The lowest BCUT2D eigenvalue weighted by Gasteiger charge is -2.13. The first-order valence-electron chi connectivity index (χ1n) is 12.5. The van der Waals surface area contributed by atoms with E-state index < -0.39 is 0 Å². The molecule has 2 aromatic heterocycles. The summed E-state index contributed by atoms with van der Waals surface area (Å²) in [6.07, 6.45) is 3.53. The number of rotatable bonds is 2. The summed E-state index contributed by atoms with van der Waals surface area (Å²) in [4.78, 5) is 9.37. The van der Waals surface area contributed by atoms with Crippen molar-refractivity contribution in [1.82, 2.24) is 14.5 Å². The SMILES string of the molecule is c1ccc(-c2cc3c(c4ccccc24)c2c4ccccc4ccc2n3-c2cccc3nccnc23)cc1. The quantitative estimate of drug-likeness (QED) is 0.252. The van der Waals surface area contributed by atoms with Crippen molar-refractivity contribution < 1.29 is 0 Å². The number of hydrogen-bond acceptors (Lipinski definition) is 2. The Bertz CT molecular complexity index is 2130. The molecule has 0 aliphatic heterocycles. The second-order valence-corrected chi connectivity index (χ2v) is 9.45. The van der Waals surface area contributed by atoms with Crippen LogP contribution in [0.5, 0.6) is 0 Å². The van der Waals surface area contributed by atoms with E-state index in [9.17, 15) is 0 Å². The van der Waals surface area contributed by atoms with Gasteiger partial charge in [-0.05, 0) is 56.9 Å². The van der Waals surface area contributed by atoms with Crippen LogP contribution < -0.4 is 0 Å². The van der Waals surface area contributed by atoms with E-state index in [1.807, 2.05) is 6.07 Å². The molecule has 0 spiro atoms. The van der Waals surface area contributed by atoms with Gasteiger partial charge in [0.2, 0.25) is 0 Å². The van der Waals surface area contributed by atoms with Crippen LogP contribution in [0.2, 0.25) is 0 Å². The molecule has 3 nitrogen and oxygen atoms in total. The summed E-state index contributed by atoms with van der Waals surface area (Å²) in [6.45, 7) is 0. The zero-order chi connectivity index (χ0) is 24.3. The summed E-state index contributed by atoms with van der Waals surface area (Å²) in [5.41, 5.74) is 7.59. The molecule has 0 atom stereocenters. The van der Waals surface area contributed by atoms with E-state index in [2.05, 4.69) is 119 Å². The van der Waals surface area contributed by atoms with E-state index in [1.165, 1.54) is 54.5 Å². The van der Waals surface area contributed by atoms with Gasteiger partial charge >= 0.3 is 0 Å². The van der Waals surface area contributed by atoms with Crippen molar-refractivity contribution in [1.29, 1.82) is 0 Å². The first-order valence-corrected chi connectivity index (χ1v) is 12.5. The molecule has 0 N–H and O–H groups in total. The molecule has 6 aromatic carbocycles. The van der Waals surface area contributed by atoms with Crippen LogP contribution in [0, 0.1) is 0 Å². The van der Waals surface area contributed by atoms with Gasteiger partial charge in [0.1, 0.15) is 5.52 Å². The van der Waals surface area contributed by atoms with E-state index in [1.54, 1.807) is 12.4 Å². The third-order valence-electron chi connectivity index (χ3n) is 7.47. The molecule has 0 aliphatic rings. The summed E-state index contributed by atoms with van der Waals surface area (Å²) in [5, 5.41) is 7.54. The third-order valence-corrected chi connectivity index (χ3v) is 7.47. The Morgan fingerprint density at radius 3 is 2.14 bits per heavy atom. The molecular formula is C34H21N3. The van der Waals surface area contributed by atoms with E-state index in [4.69, 9.17) is 4.98 Å². The Morgan fingerprint density at radius 2 is 1.24 bits per heavy atom. The lowest BCUT2D eigenvalue weighted by atomic mass is 9.94. The Morgan fingerprint density at radius 1 is 0.514 bits per heavy atom. The van der Waals surface area contributed by atoms with Gasteiger partial charge in [0.15, 0.2) is 0 Å². The van der Waals surface area contributed by atoms with Crippen molar-refractivity contribution in [3.05, 3.63) is 128 Å². The van der Waals surface area contributed by atoms with Gasteiger partial charge in [-0.25, -0.2) is 0 Å². The van der Waals surface area contributed by atoms with E-state index in [0.717, 1.165) is 16.7 Å². The molecule has 0 unspecified atom stereocenters. The Kier molecular flexibility index (Phi) is 4.23. The summed E-state index contributed by atoms with van der Waals surface area (Å²) in [7, 11) is 0. The number of fused-ring (bicyclic) bond motifs is 8. The predicted octanol–water partition coefficient (Wildman–Crippen LogP) is 8.70. The fourth-order valence-electron chi connectivity index (χ4n) is 5.91. The highest BCUT2D eigenvalue weighted by atomic mass is 15.0. The van der Waals surface area contributed by atoms with Crippen molar-refractivity contribution in [2.24, 2.45) is 0 Å². The zero-order valence-corrected chi connectivity index (χ0v) is 20.0. The van der Waals surface area contributed by atoms with Crippen molar-refractivity contribution in [2.75, 3.05) is 0 Å². The Hall–Kier alpha value is -5.02. The molecule has 0 saturated carbocycles. The molecule has 0 fully saturated rings. The minimum atomic E-state index is 0.889. The van der Waals surface area contributed by atoms with Crippen molar-refractivity contribution in [2.45, 2.75) is 0 Å².